The predicted octanol–water partition coefficient (Wildman–Crippen LogP) is 12.4. The monoisotopic (exact) mass is 748 g/mol. The normalized spacial score (nSPS) is 25.9. The Morgan fingerprint density at radius 2 is 1.21 bits per heavy atom. The second-order valence-corrected chi connectivity index (χ2v) is 21.4. The fourth-order valence-electron chi connectivity index (χ4n) is 13.5. The van der Waals surface area contributed by atoms with E-state index in [9.17, 15) is 0 Å². The van der Waals surface area contributed by atoms with Crippen LogP contribution >= 0.6 is 11.3 Å². The van der Waals surface area contributed by atoms with Crippen molar-refractivity contribution >= 4 is 78.0 Å². The molecule has 0 radical (unpaired) electrons. The van der Waals surface area contributed by atoms with E-state index in [1.54, 1.807) is 11.1 Å². The van der Waals surface area contributed by atoms with Crippen LogP contribution in [0.5, 0.6) is 0 Å². The fraction of sp³-hybridized carbons (Fsp3) is 0.385. The van der Waals surface area contributed by atoms with Gasteiger partial charge in [-0.3, -0.25) is 0 Å². The quantitative estimate of drug-likeness (QED) is 0.166. The van der Waals surface area contributed by atoms with Crippen molar-refractivity contribution in [2.24, 2.45) is 17.8 Å². The lowest BCUT2D eigenvalue weighted by Gasteiger charge is -2.57. The van der Waals surface area contributed by atoms with E-state index in [-0.39, 0.29) is 17.5 Å². The van der Waals surface area contributed by atoms with E-state index in [1.807, 2.05) is 0 Å². The van der Waals surface area contributed by atoms with Crippen molar-refractivity contribution in [2.45, 2.75) is 109 Å². The second kappa shape index (κ2) is 11.4. The first-order valence-electron chi connectivity index (χ1n) is 21.6. The molecule has 7 aliphatic rings. The number of rotatable bonds is 3. The van der Waals surface area contributed by atoms with Gasteiger partial charge in [-0.2, -0.15) is 0 Å². The largest absolute Gasteiger partial charge is 0.311 e. The summed E-state index contributed by atoms with van der Waals surface area (Å²) in [5.74, 6) is 2.79. The van der Waals surface area contributed by atoms with Gasteiger partial charge in [0.15, 0.2) is 0 Å². The third-order valence-corrected chi connectivity index (χ3v) is 17.1. The molecule has 5 aliphatic carbocycles. The van der Waals surface area contributed by atoms with E-state index >= 15 is 0 Å². The summed E-state index contributed by atoms with van der Waals surface area (Å²) in [5, 5.41) is 1.45. The highest BCUT2D eigenvalue weighted by Gasteiger charge is 2.52. The van der Waals surface area contributed by atoms with E-state index in [1.165, 1.54) is 128 Å². The molecule has 280 valence electrons. The molecule has 4 bridgehead atoms. The number of anilines is 6. The molecule has 6 aromatic rings. The van der Waals surface area contributed by atoms with E-state index in [0.29, 0.717) is 5.41 Å². The van der Waals surface area contributed by atoms with Gasteiger partial charge in [-0.25, -0.2) is 0 Å². The Bertz CT molecular complexity index is 2570. The number of hydrogen-bond acceptors (Lipinski definition) is 3. The van der Waals surface area contributed by atoms with Gasteiger partial charge in [0.1, 0.15) is 0 Å². The molecule has 56 heavy (non-hydrogen) atoms. The predicted molar refractivity (Wildman–Crippen MR) is 240 cm³/mol. The summed E-state index contributed by atoms with van der Waals surface area (Å²) >= 11 is 2.07. The van der Waals surface area contributed by atoms with Gasteiger partial charge in [0.05, 0.1) is 11.4 Å². The smallest absolute Gasteiger partial charge is 0.264 e. The maximum absolute atomic E-state index is 2.70. The van der Waals surface area contributed by atoms with Crippen LogP contribution in [0.15, 0.2) is 97.1 Å². The molecule has 3 heterocycles. The number of hydrogen-bond donors (Lipinski definition) is 0. The maximum atomic E-state index is 2.70. The Hall–Kier alpha value is -4.28. The Labute approximate surface area is 338 Å². The van der Waals surface area contributed by atoms with Gasteiger partial charge in [-0.05, 0) is 180 Å². The van der Waals surface area contributed by atoms with E-state index in [4.69, 9.17) is 0 Å². The van der Waals surface area contributed by atoms with Crippen molar-refractivity contribution in [2.75, 3.05) is 9.80 Å². The molecule has 0 N–H and O–H groups in total. The molecular weight excluding hydrogens is 695 g/mol. The number of para-hydroxylation sites is 2. The number of benzene rings is 5. The third kappa shape index (κ3) is 4.57. The van der Waals surface area contributed by atoms with Gasteiger partial charge in [0, 0.05) is 37.6 Å². The lowest BCUT2D eigenvalue weighted by molar-refractivity contribution is -0.00512. The van der Waals surface area contributed by atoms with Crippen molar-refractivity contribution in [1.82, 2.24) is 0 Å². The Morgan fingerprint density at radius 1 is 0.607 bits per heavy atom. The van der Waals surface area contributed by atoms with Crippen molar-refractivity contribution in [1.29, 1.82) is 0 Å². The number of thiophene rings is 1. The average molecular weight is 749 g/mol. The summed E-state index contributed by atoms with van der Waals surface area (Å²) in [5.41, 5.74) is 18.8. The molecule has 4 fully saturated rings. The van der Waals surface area contributed by atoms with Gasteiger partial charge in [-0.15, -0.1) is 11.3 Å². The zero-order chi connectivity index (χ0) is 37.9. The van der Waals surface area contributed by atoms with Crippen LogP contribution in [0.25, 0.3) is 10.1 Å². The third-order valence-electron chi connectivity index (χ3n) is 15.9. The minimum Gasteiger partial charge on any atom is -0.311 e. The summed E-state index contributed by atoms with van der Waals surface area (Å²) in [6.45, 7) is 14.7. The van der Waals surface area contributed by atoms with Crippen LogP contribution in [-0.4, -0.2) is 6.71 Å². The van der Waals surface area contributed by atoms with Crippen molar-refractivity contribution in [3.8, 4) is 0 Å². The summed E-state index contributed by atoms with van der Waals surface area (Å²) in [7, 11) is 0. The molecule has 2 aliphatic heterocycles. The molecule has 13 rings (SSSR count). The standard InChI is InChI=1S/C52H53BN2S/c1-31-12-10-13-32(2)47(31)55-43-17-11-16-42-46(43)53(41-26-39-40(27-44(41)55)51(5,6)21-20-50(39,3)4)49-48(54(42)37-14-8-7-9-15-37)38-25-36(18-19-45(38)56-49)52-28-33-22-34(29-52)24-35(23-33)30-52/h7-19,25-27,33-35H,20-24,28-30H2,1-6H3/t33-,34-,35?,52-/m1/s1. The van der Waals surface area contributed by atoms with E-state index in [2.05, 4.69) is 160 Å². The molecule has 5 aromatic carbocycles. The molecule has 2 nitrogen and oxygen atoms in total. The van der Waals surface area contributed by atoms with Gasteiger partial charge in [-0.1, -0.05) is 82.3 Å². The first kappa shape index (κ1) is 33.8. The zero-order valence-electron chi connectivity index (χ0n) is 34.0. The van der Waals surface area contributed by atoms with Crippen LogP contribution in [0, 0.1) is 31.6 Å². The Kier molecular flexibility index (Phi) is 6.91. The van der Waals surface area contributed by atoms with E-state index < -0.39 is 0 Å². The summed E-state index contributed by atoms with van der Waals surface area (Å²) < 4.78 is 2.93. The second-order valence-electron chi connectivity index (χ2n) is 20.3. The number of aryl methyl sites for hydroxylation is 2. The molecule has 0 atom stereocenters. The lowest BCUT2D eigenvalue weighted by Crippen LogP contribution is -2.61. The summed E-state index contributed by atoms with van der Waals surface area (Å²) in [4.78, 5) is 5.33. The molecule has 0 saturated heterocycles. The average Bonchev–Trinajstić information content (AvgIpc) is 3.55. The van der Waals surface area contributed by atoms with Crippen LogP contribution in [0.2, 0.25) is 0 Å². The molecule has 0 spiro atoms. The zero-order valence-corrected chi connectivity index (χ0v) is 34.8. The fourth-order valence-corrected chi connectivity index (χ4v) is 14.8. The number of nitrogens with zero attached hydrogens (tertiary/aromatic N) is 2. The molecule has 4 heteroatoms. The highest BCUT2D eigenvalue weighted by Crippen LogP contribution is 2.61. The highest BCUT2D eigenvalue weighted by molar-refractivity contribution is 7.33. The van der Waals surface area contributed by atoms with Gasteiger partial charge in [0.2, 0.25) is 0 Å². The molecule has 1 aromatic heterocycles. The van der Waals surface area contributed by atoms with Crippen LogP contribution in [0.4, 0.5) is 34.1 Å². The van der Waals surface area contributed by atoms with Crippen molar-refractivity contribution in [3.05, 3.63) is 125 Å². The first-order valence-corrected chi connectivity index (χ1v) is 22.4. The van der Waals surface area contributed by atoms with Gasteiger partial charge >= 0.3 is 0 Å². The highest BCUT2D eigenvalue weighted by atomic mass is 32.1. The molecular formula is C52H53BN2S. The van der Waals surface area contributed by atoms with E-state index in [0.717, 1.165) is 17.8 Å². The van der Waals surface area contributed by atoms with Crippen molar-refractivity contribution in [3.63, 3.8) is 0 Å². The minimum absolute atomic E-state index is 0.113. The maximum Gasteiger partial charge on any atom is 0.264 e. The topological polar surface area (TPSA) is 6.48 Å². The van der Waals surface area contributed by atoms with Gasteiger partial charge in [0.25, 0.3) is 6.71 Å². The Morgan fingerprint density at radius 3 is 1.88 bits per heavy atom. The van der Waals surface area contributed by atoms with Crippen LogP contribution in [0.1, 0.15) is 107 Å². The molecule has 4 saturated carbocycles. The Balaban J connectivity index is 1.17. The van der Waals surface area contributed by atoms with Gasteiger partial charge < -0.3 is 9.80 Å². The molecule has 0 unspecified atom stereocenters. The number of fused-ring (bicyclic) bond motifs is 7. The lowest BCUT2D eigenvalue weighted by atomic mass is 9.35. The first-order chi connectivity index (χ1) is 27.0. The van der Waals surface area contributed by atoms with Crippen LogP contribution in [-0.2, 0) is 16.2 Å². The summed E-state index contributed by atoms with van der Waals surface area (Å²) in [6.07, 6.45) is 11.0. The van der Waals surface area contributed by atoms with Crippen LogP contribution < -0.4 is 25.5 Å². The van der Waals surface area contributed by atoms with Crippen LogP contribution in [0.3, 0.4) is 0 Å². The SMILES string of the molecule is Cc1cccc(C)c1N1c2cc3c(cc2B2c4sc5ccc([C@]67CC8C[C@@H](C[C@H](C8)C6)C7)cc5c4N(c4ccccc4)c4cccc1c42)C(C)(C)CCC3(C)C. The minimum atomic E-state index is 0.113. The molecule has 0 amide bonds. The van der Waals surface area contributed by atoms with Crippen molar-refractivity contribution < 1.29 is 0 Å². The summed E-state index contributed by atoms with van der Waals surface area (Å²) in [6, 6.07) is 38.4.